The maximum atomic E-state index is 10.7. The van der Waals surface area contributed by atoms with E-state index in [9.17, 15) is 4.79 Å². The minimum Gasteiger partial charge on any atom is -0.466 e. The van der Waals surface area contributed by atoms with Crippen LogP contribution in [0, 0.1) is 5.92 Å². The third-order valence-corrected chi connectivity index (χ3v) is 2.84. The molecule has 0 fully saturated rings. The molecule has 1 aromatic heterocycles. The number of hydrogen-bond acceptors (Lipinski definition) is 6. The van der Waals surface area contributed by atoms with E-state index in [1.165, 1.54) is 18.6 Å². The Labute approximate surface area is 93.0 Å². The number of nitrogens with one attached hydrogen (secondary N) is 1. The fourth-order valence-electron chi connectivity index (χ4n) is 1.01. The molecule has 1 rings (SSSR count). The van der Waals surface area contributed by atoms with E-state index < -0.39 is 0 Å². The molecular formula is C9H14N3O2S. The van der Waals surface area contributed by atoms with Gasteiger partial charge in [0.2, 0.25) is 11.4 Å². The molecule has 83 valence electrons. The molecule has 0 aromatic carbocycles. The van der Waals surface area contributed by atoms with Crippen LogP contribution in [0.3, 0.4) is 0 Å². The summed E-state index contributed by atoms with van der Waals surface area (Å²) < 4.78 is 8.77. The lowest BCUT2D eigenvalue weighted by molar-refractivity contribution is 0.386. The summed E-state index contributed by atoms with van der Waals surface area (Å²) in [5, 5.41) is 3.56. The van der Waals surface area contributed by atoms with Crippen LogP contribution < -0.4 is 10.1 Å². The van der Waals surface area contributed by atoms with Gasteiger partial charge in [0.05, 0.1) is 13.2 Å². The van der Waals surface area contributed by atoms with Crippen LogP contribution in [0.5, 0.6) is 6.01 Å². The standard InChI is InChI=1S/C9H14N3O2S/c1-4-6(2)7(5-13)10-9-11-8(14-3)12-15-9/h6-7H,4H2,1-3H3,(H,10,11,12)/t6-,7+/m0/s1. The lowest BCUT2D eigenvalue weighted by Crippen LogP contribution is -2.28. The third-order valence-electron chi connectivity index (χ3n) is 2.21. The van der Waals surface area contributed by atoms with E-state index in [4.69, 9.17) is 4.74 Å². The van der Waals surface area contributed by atoms with E-state index >= 15 is 0 Å². The maximum Gasteiger partial charge on any atom is 0.329 e. The summed E-state index contributed by atoms with van der Waals surface area (Å²) >= 11 is 1.17. The molecule has 0 amide bonds. The summed E-state index contributed by atoms with van der Waals surface area (Å²) in [6.07, 6.45) is 2.87. The van der Waals surface area contributed by atoms with Gasteiger partial charge in [-0.2, -0.15) is 4.98 Å². The van der Waals surface area contributed by atoms with Crippen LogP contribution in [0.1, 0.15) is 20.3 Å². The van der Waals surface area contributed by atoms with Crippen LogP contribution in [-0.4, -0.2) is 28.8 Å². The number of anilines is 1. The van der Waals surface area contributed by atoms with Crippen molar-refractivity contribution in [1.82, 2.24) is 9.36 Å². The summed E-state index contributed by atoms with van der Waals surface area (Å²) in [6, 6.07) is -0.0241. The summed E-state index contributed by atoms with van der Waals surface area (Å²) in [4.78, 5) is 14.8. The quantitative estimate of drug-likeness (QED) is 0.799. The summed E-state index contributed by atoms with van der Waals surface area (Å²) in [6.45, 7) is 4.01. The number of ether oxygens (including phenoxy) is 1. The first-order valence-electron chi connectivity index (χ1n) is 4.73. The predicted molar refractivity (Wildman–Crippen MR) is 59.0 cm³/mol. The number of rotatable bonds is 6. The predicted octanol–water partition coefficient (Wildman–Crippen LogP) is 1.48. The molecule has 0 spiro atoms. The average Bonchev–Trinajstić information content (AvgIpc) is 2.72. The molecular weight excluding hydrogens is 214 g/mol. The summed E-state index contributed by atoms with van der Waals surface area (Å²) in [5.41, 5.74) is 0. The molecule has 0 aliphatic rings. The van der Waals surface area contributed by atoms with Gasteiger partial charge in [-0.1, -0.05) is 20.3 Å². The van der Waals surface area contributed by atoms with Crippen molar-refractivity contribution in [3.8, 4) is 6.01 Å². The van der Waals surface area contributed by atoms with E-state index in [-0.39, 0.29) is 12.0 Å². The summed E-state index contributed by atoms with van der Waals surface area (Å²) in [7, 11) is 1.50. The monoisotopic (exact) mass is 228 g/mol. The second kappa shape index (κ2) is 5.65. The van der Waals surface area contributed by atoms with E-state index in [0.717, 1.165) is 6.42 Å². The Hall–Kier alpha value is -1.17. The molecule has 0 bridgehead atoms. The van der Waals surface area contributed by atoms with Gasteiger partial charge in [-0.3, -0.25) is 4.79 Å². The van der Waals surface area contributed by atoms with Gasteiger partial charge >= 0.3 is 6.01 Å². The molecule has 0 saturated carbocycles. The Kier molecular flexibility index (Phi) is 4.48. The van der Waals surface area contributed by atoms with Gasteiger partial charge < -0.3 is 10.1 Å². The lowest BCUT2D eigenvalue weighted by atomic mass is 10.0. The van der Waals surface area contributed by atoms with Crippen molar-refractivity contribution >= 4 is 23.0 Å². The normalized spacial score (nSPS) is 14.3. The van der Waals surface area contributed by atoms with Gasteiger partial charge in [0.25, 0.3) is 0 Å². The summed E-state index contributed by atoms with van der Waals surface area (Å²) in [5.74, 6) is 0.220. The van der Waals surface area contributed by atoms with Crippen LogP contribution in [0.4, 0.5) is 5.13 Å². The highest BCUT2D eigenvalue weighted by atomic mass is 32.1. The smallest absolute Gasteiger partial charge is 0.329 e. The zero-order chi connectivity index (χ0) is 11.3. The Bertz CT molecular complexity index is 316. The van der Waals surface area contributed by atoms with Crippen molar-refractivity contribution < 1.29 is 9.53 Å². The largest absolute Gasteiger partial charge is 0.466 e. The zero-order valence-electron chi connectivity index (χ0n) is 8.98. The first-order chi connectivity index (χ1) is 7.21. The van der Waals surface area contributed by atoms with Crippen molar-refractivity contribution in [3.63, 3.8) is 0 Å². The van der Waals surface area contributed by atoms with Gasteiger partial charge in [0.1, 0.15) is 0 Å². The van der Waals surface area contributed by atoms with E-state index in [1.54, 1.807) is 0 Å². The van der Waals surface area contributed by atoms with Crippen LogP contribution in [0.25, 0.3) is 0 Å². The molecule has 0 unspecified atom stereocenters. The molecule has 1 N–H and O–H groups in total. The average molecular weight is 228 g/mol. The van der Waals surface area contributed by atoms with Crippen LogP contribution in [0.15, 0.2) is 0 Å². The van der Waals surface area contributed by atoms with E-state index in [2.05, 4.69) is 14.7 Å². The zero-order valence-corrected chi connectivity index (χ0v) is 9.80. The molecule has 0 aliphatic carbocycles. The minimum absolute atomic E-state index is 0.220. The molecule has 1 aromatic rings. The van der Waals surface area contributed by atoms with Crippen molar-refractivity contribution in [2.45, 2.75) is 26.3 Å². The fourth-order valence-corrected chi connectivity index (χ4v) is 1.59. The highest BCUT2D eigenvalue weighted by molar-refractivity contribution is 7.09. The lowest BCUT2D eigenvalue weighted by Gasteiger charge is -2.16. The molecule has 0 aliphatic heterocycles. The van der Waals surface area contributed by atoms with Crippen molar-refractivity contribution in [3.05, 3.63) is 0 Å². The Morgan fingerprint density at radius 1 is 1.67 bits per heavy atom. The molecule has 1 heterocycles. The molecule has 0 saturated heterocycles. The first-order valence-corrected chi connectivity index (χ1v) is 5.50. The highest BCUT2D eigenvalue weighted by Crippen LogP contribution is 2.18. The van der Waals surface area contributed by atoms with Crippen molar-refractivity contribution in [2.75, 3.05) is 12.4 Å². The van der Waals surface area contributed by atoms with Gasteiger partial charge in [0, 0.05) is 11.5 Å². The van der Waals surface area contributed by atoms with Gasteiger partial charge in [-0.05, 0) is 5.92 Å². The van der Waals surface area contributed by atoms with Crippen LogP contribution in [-0.2, 0) is 4.79 Å². The van der Waals surface area contributed by atoms with Gasteiger partial charge in [0.15, 0.2) is 0 Å². The van der Waals surface area contributed by atoms with Crippen LogP contribution in [0.2, 0.25) is 0 Å². The second-order valence-corrected chi connectivity index (χ2v) is 3.96. The Balaban J connectivity index is 2.62. The molecule has 2 atom stereocenters. The molecule has 5 nitrogen and oxygen atoms in total. The van der Waals surface area contributed by atoms with Gasteiger partial charge in [-0.15, -0.1) is 4.37 Å². The SMILES string of the molecule is CC[C@H](C)[C@@H]([C]=O)Nc1nc(OC)ns1. The number of methoxy groups -OCH3 is 1. The number of hydrogen-bond donors (Lipinski definition) is 1. The van der Waals surface area contributed by atoms with Crippen molar-refractivity contribution in [1.29, 1.82) is 0 Å². The first kappa shape index (κ1) is 11.9. The van der Waals surface area contributed by atoms with Gasteiger partial charge in [-0.25, -0.2) is 0 Å². The maximum absolute atomic E-state index is 10.7. The second-order valence-electron chi connectivity index (χ2n) is 3.21. The van der Waals surface area contributed by atoms with Crippen LogP contribution >= 0.6 is 11.5 Å². The molecule has 15 heavy (non-hydrogen) atoms. The number of nitrogens with zero attached hydrogens (tertiary/aromatic N) is 2. The number of carbonyl (C=O) groups excluding carboxylic acids is 1. The van der Waals surface area contributed by atoms with E-state index in [1.807, 2.05) is 20.1 Å². The molecule has 6 heteroatoms. The fraction of sp³-hybridized carbons (Fsp3) is 0.667. The minimum atomic E-state index is -0.340. The number of aromatic nitrogens is 2. The Morgan fingerprint density at radius 3 is 2.87 bits per heavy atom. The third kappa shape index (κ3) is 3.16. The van der Waals surface area contributed by atoms with E-state index in [0.29, 0.717) is 11.1 Å². The Morgan fingerprint density at radius 2 is 2.40 bits per heavy atom. The molecule has 1 radical (unpaired) electrons. The highest BCUT2D eigenvalue weighted by Gasteiger charge is 2.17. The topological polar surface area (TPSA) is 64.1 Å². The van der Waals surface area contributed by atoms with Crippen molar-refractivity contribution in [2.24, 2.45) is 5.92 Å².